The molecule has 2 heteroatoms. The molecule has 1 fully saturated rings. The molecule has 18 heavy (non-hydrogen) atoms. The van der Waals surface area contributed by atoms with E-state index in [1.165, 1.54) is 64.3 Å². The smallest absolute Gasteiger partial charge is 0.0558 e. The lowest BCUT2D eigenvalue weighted by Crippen LogP contribution is -2.41. The Balaban J connectivity index is 2.43. The van der Waals surface area contributed by atoms with E-state index in [0.717, 1.165) is 18.5 Å². The predicted octanol–water partition coefficient (Wildman–Crippen LogP) is 3.83. The molecular formula is C16H33NO. The summed E-state index contributed by atoms with van der Waals surface area (Å²) in [6.45, 7) is 7.01. The molecule has 2 nitrogen and oxygen atoms in total. The molecule has 1 saturated carbocycles. The lowest BCUT2D eigenvalue weighted by atomic mass is 9.92. The van der Waals surface area contributed by atoms with Crippen LogP contribution >= 0.6 is 0 Å². The minimum Gasteiger partial charge on any atom is -0.395 e. The quantitative estimate of drug-likeness (QED) is 0.677. The van der Waals surface area contributed by atoms with Crippen molar-refractivity contribution in [1.82, 2.24) is 4.90 Å². The molecule has 0 radical (unpaired) electrons. The fraction of sp³-hybridized carbons (Fsp3) is 1.00. The average Bonchev–Trinajstić information content (AvgIpc) is 2.43. The Hall–Kier alpha value is -0.0800. The normalized spacial score (nSPS) is 19.3. The van der Waals surface area contributed by atoms with Crippen LogP contribution in [0.5, 0.6) is 0 Å². The summed E-state index contributed by atoms with van der Waals surface area (Å²) in [6, 6.07) is 0.751. The molecule has 0 aromatic rings. The summed E-state index contributed by atoms with van der Waals surface area (Å²) in [4.78, 5) is 2.59. The molecule has 1 aliphatic rings. The molecule has 1 aliphatic carbocycles. The summed E-state index contributed by atoms with van der Waals surface area (Å²) in [7, 11) is 0. The van der Waals surface area contributed by atoms with Gasteiger partial charge in [0.25, 0.3) is 0 Å². The van der Waals surface area contributed by atoms with E-state index in [1.807, 2.05) is 0 Å². The topological polar surface area (TPSA) is 23.5 Å². The zero-order valence-corrected chi connectivity index (χ0v) is 12.5. The van der Waals surface area contributed by atoms with Gasteiger partial charge in [-0.25, -0.2) is 0 Å². The Morgan fingerprint density at radius 2 is 1.89 bits per heavy atom. The van der Waals surface area contributed by atoms with E-state index in [-0.39, 0.29) is 0 Å². The van der Waals surface area contributed by atoms with Crippen molar-refractivity contribution in [3.8, 4) is 0 Å². The minimum atomic E-state index is 0.320. The number of unbranched alkanes of at least 4 members (excludes halogenated alkanes) is 1. The summed E-state index contributed by atoms with van der Waals surface area (Å²) < 4.78 is 0. The molecule has 0 amide bonds. The zero-order chi connectivity index (χ0) is 13.2. The van der Waals surface area contributed by atoms with Gasteiger partial charge in [-0.05, 0) is 25.2 Å². The van der Waals surface area contributed by atoms with Crippen LogP contribution < -0.4 is 0 Å². The van der Waals surface area contributed by atoms with E-state index in [2.05, 4.69) is 18.7 Å². The molecule has 1 unspecified atom stereocenters. The van der Waals surface area contributed by atoms with Crippen molar-refractivity contribution in [3.05, 3.63) is 0 Å². The summed E-state index contributed by atoms with van der Waals surface area (Å²) in [5.41, 5.74) is 0. The Labute approximate surface area is 114 Å². The molecule has 0 saturated heterocycles. The maximum absolute atomic E-state index is 9.29. The summed E-state index contributed by atoms with van der Waals surface area (Å²) in [5, 5.41) is 9.29. The number of nitrogens with zero attached hydrogens (tertiary/aromatic N) is 1. The largest absolute Gasteiger partial charge is 0.395 e. The van der Waals surface area contributed by atoms with Crippen molar-refractivity contribution in [1.29, 1.82) is 0 Å². The maximum Gasteiger partial charge on any atom is 0.0558 e. The number of aliphatic hydroxyl groups is 1. The Bertz CT molecular complexity index is 190. The molecule has 0 aromatic heterocycles. The highest BCUT2D eigenvalue weighted by Gasteiger charge is 2.22. The van der Waals surface area contributed by atoms with E-state index in [9.17, 15) is 5.11 Å². The molecule has 1 rings (SSSR count). The monoisotopic (exact) mass is 255 g/mol. The molecule has 1 N–H and O–H groups in total. The van der Waals surface area contributed by atoms with Gasteiger partial charge in [0.15, 0.2) is 0 Å². The van der Waals surface area contributed by atoms with E-state index < -0.39 is 0 Å². The van der Waals surface area contributed by atoms with Crippen LogP contribution in [0.25, 0.3) is 0 Å². The summed E-state index contributed by atoms with van der Waals surface area (Å²) in [6.07, 6.45) is 12.2. The van der Waals surface area contributed by atoms with Crippen LogP contribution in [0, 0.1) is 5.92 Å². The number of rotatable bonds is 9. The first-order valence-electron chi connectivity index (χ1n) is 8.16. The first-order valence-corrected chi connectivity index (χ1v) is 8.16. The van der Waals surface area contributed by atoms with Crippen molar-refractivity contribution >= 4 is 0 Å². The lowest BCUT2D eigenvalue weighted by Gasteiger charge is -2.36. The van der Waals surface area contributed by atoms with Crippen LogP contribution in [-0.4, -0.2) is 35.7 Å². The predicted molar refractivity (Wildman–Crippen MR) is 78.8 cm³/mol. The lowest BCUT2D eigenvalue weighted by molar-refractivity contribution is 0.103. The third kappa shape index (κ3) is 5.71. The molecule has 0 heterocycles. The van der Waals surface area contributed by atoms with E-state index in [0.29, 0.717) is 6.61 Å². The first kappa shape index (κ1) is 16.0. The van der Waals surface area contributed by atoms with Gasteiger partial charge in [-0.2, -0.15) is 0 Å². The van der Waals surface area contributed by atoms with Gasteiger partial charge >= 0.3 is 0 Å². The Morgan fingerprint density at radius 1 is 1.17 bits per heavy atom. The van der Waals surface area contributed by atoms with Gasteiger partial charge in [0.1, 0.15) is 0 Å². The second-order valence-electron chi connectivity index (χ2n) is 5.93. The second kappa shape index (κ2) is 9.80. The SMILES string of the molecule is CCCCC(CC)CN(CCO)C1CCCCC1. The van der Waals surface area contributed by atoms with Crippen molar-refractivity contribution in [2.75, 3.05) is 19.7 Å². The first-order chi connectivity index (χ1) is 8.81. The van der Waals surface area contributed by atoms with Gasteiger partial charge in [-0.15, -0.1) is 0 Å². The van der Waals surface area contributed by atoms with Crippen LogP contribution in [0.15, 0.2) is 0 Å². The highest BCUT2D eigenvalue weighted by Crippen LogP contribution is 2.24. The molecule has 0 spiro atoms. The van der Waals surface area contributed by atoms with Crippen LogP contribution in [-0.2, 0) is 0 Å². The Kier molecular flexibility index (Phi) is 8.70. The van der Waals surface area contributed by atoms with Crippen LogP contribution in [0.1, 0.15) is 71.6 Å². The second-order valence-corrected chi connectivity index (χ2v) is 5.93. The highest BCUT2D eigenvalue weighted by atomic mass is 16.3. The van der Waals surface area contributed by atoms with Gasteiger partial charge in [0.05, 0.1) is 6.61 Å². The number of hydrogen-bond acceptors (Lipinski definition) is 2. The Morgan fingerprint density at radius 3 is 2.44 bits per heavy atom. The summed E-state index contributed by atoms with van der Waals surface area (Å²) >= 11 is 0. The molecule has 0 bridgehead atoms. The van der Waals surface area contributed by atoms with Crippen LogP contribution in [0.2, 0.25) is 0 Å². The van der Waals surface area contributed by atoms with E-state index >= 15 is 0 Å². The van der Waals surface area contributed by atoms with Gasteiger partial charge in [0.2, 0.25) is 0 Å². The van der Waals surface area contributed by atoms with Crippen molar-refractivity contribution in [3.63, 3.8) is 0 Å². The van der Waals surface area contributed by atoms with Crippen LogP contribution in [0.3, 0.4) is 0 Å². The third-order valence-electron chi connectivity index (χ3n) is 4.51. The maximum atomic E-state index is 9.29. The third-order valence-corrected chi connectivity index (χ3v) is 4.51. The fourth-order valence-electron chi connectivity index (χ4n) is 3.25. The standard InChI is InChI=1S/C16H33NO/c1-3-5-9-15(4-2)14-17(12-13-18)16-10-7-6-8-11-16/h15-16,18H,3-14H2,1-2H3. The van der Waals surface area contributed by atoms with Gasteiger partial charge in [-0.3, -0.25) is 4.90 Å². The van der Waals surface area contributed by atoms with Crippen molar-refractivity contribution in [2.24, 2.45) is 5.92 Å². The van der Waals surface area contributed by atoms with E-state index in [4.69, 9.17) is 0 Å². The van der Waals surface area contributed by atoms with Crippen molar-refractivity contribution < 1.29 is 5.11 Å². The fourth-order valence-corrected chi connectivity index (χ4v) is 3.25. The highest BCUT2D eigenvalue weighted by molar-refractivity contribution is 4.77. The molecule has 0 aliphatic heterocycles. The number of aliphatic hydroxyl groups excluding tert-OH is 1. The van der Waals surface area contributed by atoms with Gasteiger partial charge in [0, 0.05) is 19.1 Å². The van der Waals surface area contributed by atoms with Gasteiger partial charge in [-0.1, -0.05) is 52.4 Å². The zero-order valence-electron chi connectivity index (χ0n) is 12.5. The van der Waals surface area contributed by atoms with Gasteiger partial charge < -0.3 is 5.11 Å². The van der Waals surface area contributed by atoms with E-state index in [1.54, 1.807) is 0 Å². The molecule has 108 valence electrons. The van der Waals surface area contributed by atoms with Crippen molar-refractivity contribution in [2.45, 2.75) is 77.7 Å². The minimum absolute atomic E-state index is 0.320. The molecule has 0 aromatic carbocycles. The molecule has 1 atom stereocenters. The summed E-state index contributed by atoms with van der Waals surface area (Å²) in [5.74, 6) is 0.832. The number of hydrogen-bond donors (Lipinski definition) is 1. The molecular weight excluding hydrogens is 222 g/mol. The average molecular weight is 255 g/mol. The van der Waals surface area contributed by atoms with Crippen LogP contribution in [0.4, 0.5) is 0 Å².